The van der Waals surface area contributed by atoms with Gasteiger partial charge in [-0.25, -0.2) is 13.8 Å². The van der Waals surface area contributed by atoms with Crippen molar-refractivity contribution in [1.29, 1.82) is 0 Å². The number of pyridine rings is 1. The van der Waals surface area contributed by atoms with Gasteiger partial charge in [0.25, 0.3) is 0 Å². The summed E-state index contributed by atoms with van der Waals surface area (Å²) in [5, 5.41) is 4.64. The highest BCUT2D eigenvalue weighted by Gasteiger charge is 2.14. The van der Waals surface area contributed by atoms with E-state index < -0.39 is 16.7 Å². The molecule has 0 aliphatic rings. The van der Waals surface area contributed by atoms with Gasteiger partial charge in [-0.2, -0.15) is 0 Å². The molecule has 87 heavy (non-hydrogen) atoms. The van der Waals surface area contributed by atoms with E-state index in [1.54, 1.807) is 6.20 Å². The van der Waals surface area contributed by atoms with Crippen molar-refractivity contribution in [2.75, 3.05) is 0 Å². The van der Waals surface area contributed by atoms with Crippen LogP contribution >= 0.6 is 109 Å². The van der Waals surface area contributed by atoms with Gasteiger partial charge in [-0.15, -0.1) is 0 Å². The van der Waals surface area contributed by atoms with Gasteiger partial charge in [0.2, 0.25) is 0 Å². The van der Waals surface area contributed by atoms with Crippen LogP contribution in [0.25, 0.3) is 0 Å². The van der Waals surface area contributed by atoms with Gasteiger partial charge in [0.15, 0.2) is 0 Å². The third-order valence-corrected chi connectivity index (χ3v) is 17.1. The van der Waals surface area contributed by atoms with Crippen LogP contribution in [0.1, 0.15) is 225 Å². The van der Waals surface area contributed by atoms with Gasteiger partial charge < -0.3 is 0 Å². The van der Waals surface area contributed by atoms with E-state index in [0.717, 1.165) is 35.1 Å². The molecule has 0 spiro atoms. The Morgan fingerprint density at radius 3 is 1.08 bits per heavy atom. The van der Waals surface area contributed by atoms with E-state index in [0.29, 0.717) is 57.2 Å². The Labute approximate surface area is 572 Å². The van der Waals surface area contributed by atoms with Crippen LogP contribution in [-0.4, -0.2) is 4.98 Å². The topological polar surface area (TPSA) is 12.9 Å². The summed E-state index contributed by atoms with van der Waals surface area (Å²) in [6.07, 6.45) is 1.75. The predicted molar refractivity (Wildman–Crippen MR) is 389 cm³/mol. The predicted octanol–water partition coefficient (Wildman–Crippen LogP) is 29.4. The van der Waals surface area contributed by atoms with Crippen LogP contribution in [0, 0.1) is 39.3 Å². The first kappa shape index (κ1) is 81.4. The zero-order valence-corrected chi connectivity index (χ0v) is 62.2. The van der Waals surface area contributed by atoms with Crippen LogP contribution < -0.4 is 0 Å². The Balaban J connectivity index is 0.000000498. The molecule has 1 nitrogen and oxygen atoms in total. The van der Waals surface area contributed by atoms with Crippen LogP contribution in [0.3, 0.4) is 0 Å². The maximum atomic E-state index is 13.1. The second kappa shape index (κ2) is 41.7. The average Bonchev–Trinajstić information content (AvgIpc) is 3.63. The monoisotopic (exact) mass is 1400 g/mol. The maximum Gasteiger partial charge on any atom is 0.148 e. The molecule has 0 radical (unpaired) electrons. The quantitative estimate of drug-likeness (QED) is 0.109. The van der Waals surface area contributed by atoms with Crippen molar-refractivity contribution in [2.24, 2.45) is 0 Å². The molecular weight excluding hydrogens is 1320 g/mol. The minimum atomic E-state index is -0.710. The van der Waals surface area contributed by atoms with Gasteiger partial charge in [-0.3, -0.25) is 0 Å². The Hall–Kier alpha value is -3.65. The molecule has 12 heteroatoms. The number of aryl methyl sites for hydroxylation is 3. The Morgan fingerprint density at radius 2 is 0.747 bits per heavy atom. The van der Waals surface area contributed by atoms with E-state index >= 15 is 0 Å². The van der Waals surface area contributed by atoms with Gasteiger partial charge in [0, 0.05) is 30.8 Å². The molecule has 0 amide bonds. The minimum absolute atomic E-state index is 0.0168. The van der Waals surface area contributed by atoms with Crippen molar-refractivity contribution in [3.63, 3.8) is 0 Å². The van der Waals surface area contributed by atoms with Gasteiger partial charge in [-0.1, -0.05) is 276 Å². The fourth-order valence-corrected chi connectivity index (χ4v) is 10.0. The molecule has 0 bridgehead atoms. The maximum absolute atomic E-state index is 13.1. The molecule has 0 fully saturated rings. The summed E-state index contributed by atoms with van der Waals surface area (Å²) in [6.45, 7) is 42.4. The summed E-state index contributed by atoms with van der Waals surface area (Å²) in [4.78, 5) is 3.93. The van der Waals surface area contributed by atoms with E-state index in [1.807, 2.05) is 86.6 Å². The van der Waals surface area contributed by atoms with Crippen molar-refractivity contribution in [3.05, 3.63) is 269 Å². The second-order valence-electron chi connectivity index (χ2n) is 23.6. The van der Waals surface area contributed by atoms with E-state index in [9.17, 15) is 8.78 Å². The molecule has 8 rings (SSSR count). The fraction of sp³-hybridized carbons (Fsp3) is 0.373. The lowest BCUT2D eigenvalue weighted by Crippen LogP contribution is -1.95. The standard InChI is InChI=1S/4C10H13Cl.C9H10BrCl.C9H9ClF2.C9H12.C8H9Cl2N/c3*1-7(2)10-6-9(11)5-4-8(10)3;1-7(2)9-5-4-6-10(11)8(9)3;1-6(2)7-3-4-8(10)9(11)5-7;1-5(2)6-3-4-7(11)8(10)9(6)12;1-8(2)9-6-4-3-5-7-9;1-5(2)6-3-7(9)8(10)11-4-6/h4*4-7H,1-3H3;3-6H,1-2H3;3-5H,1-2H3;3-8H,1-2H3;3-5H,1-2H3. The van der Waals surface area contributed by atoms with Crippen molar-refractivity contribution >= 4 is 109 Å². The SMILES string of the molecule is CC(C)c1ccc(Br)c(Cl)c1.CC(C)c1ccc(F)c(Cl)c1F.CC(C)c1ccccc1.CC(C)c1cnc(Cl)c(Cl)c1.Cc1c(Cl)cccc1C(C)C.Cc1ccc(Cl)cc1C(C)C.Cc1ccc(Cl)cc1C(C)C.Cc1ccc(Cl)cc1C(C)C. The summed E-state index contributed by atoms with van der Waals surface area (Å²) in [7, 11) is 0. The Morgan fingerprint density at radius 1 is 0.345 bits per heavy atom. The summed E-state index contributed by atoms with van der Waals surface area (Å²) >= 11 is 49.6. The molecule has 0 atom stereocenters. The molecule has 7 aromatic carbocycles. The number of benzene rings is 7. The second-order valence-corrected chi connectivity index (χ2v) is 27.7. The molecule has 474 valence electrons. The van der Waals surface area contributed by atoms with Crippen LogP contribution in [-0.2, 0) is 0 Å². The summed E-state index contributed by atoms with van der Waals surface area (Å²) in [5.74, 6) is 2.56. The van der Waals surface area contributed by atoms with E-state index in [4.69, 9.17) is 92.8 Å². The average molecular weight is 1410 g/mol. The van der Waals surface area contributed by atoms with E-state index in [-0.39, 0.29) is 5.92 Å². The third kappa shape index (κ3) is 30.4. The first-order chi connectivity index (χ1) is 40.5. The molecule has 0 aliphatic heterocycles. The number of rotatable bonds is 8. The van der Waals surface area contributed by atoms with Crippen molar-refractivity contribution in [1.82, 2.24) is 4.98 Å². The van der Waals surface area contributed by atoms with Gasteiger partial charge in [0.05, 0.1) is 10.0 Å². The lowest BCUT2D eigenvalue weighted by Gasteiger charge is -2.09. The van der Waals surface area contributed by atoms with Crippen molar-refractivity contribution in [2.45, 2.75) is 186 Å². The van der Waals surface area contributed by atoms with Gasteiger partial charge in [0.1, 0.15) is 21.8 Å². The molecule has 0 N–H and O–H groups in total. The Kier molecular flexibility index (Phi) is 39.0. The summed E-state index contributed by atoms with van der Waals surface area (Å²) < 4.78 is 26.8. The highest BCUT2D eigenvalue weighted by Crippen LogP contribution is 2.30. The molecule has 1 aromatic heterocycles. The van der Waals surface area contributed by atoms with Gasteiger partial charge >= 0.3 is 0 Å². The molecule has 0 saturated heterocycles. The third-order valence-electron chi connectivity index (χ3n) is 13.8. The number of nitrogens with zero attached hydrogens (tertiary/aromatic N) is 1. The van der Waals surface area contributed by atoms with Crippen LogP contribution in [0.5, 0.6) is 0 Å². The smallest absolute Gasteiger partial charge is 0.148 e. The number of hydrogen-bond acceptors (Lipinski definition) is 1. The summed E-state index contributed by atoms with van der Waals surface area (Å²) in [6, 6.07) is 45.2. The number of hydrogen-bond donors (Lipinski definition) is 0. The molecule has 1 heterocycles. The number of aromatic nitrogens is 1. The largest absolute Gasteiger partial charge is 0.243 e. The first-order valence-corrected chi connectivity index (χ1v) is 33.3. The van der Waals surface area contributed by atoms with Gasteiger partial charge in [-0.05, 0) is 224 Å². The van der Waals surface area contributed by atoms with Crippen LogP contribution in [0.2, 0.25) is 40.3 Å². The highest BCUT2D eigenvalue weighted by molar-refractivity contribution is 9.10. The van der Waals surface area contributed by atoms with Crippen LogP contribution in [0.4, 0.5) is 8.78 Å². The lowest BCUT2D eigenvalue weighted by atomic mass is 9.98. The normalized spacial score (nSPS) is 10.6. The van der Waals surface area contributed by atoms with Crippen molar-refractivity contribution < 1.29 is 8.78 Å². The molecular formula is C75H92BrCl8F2N. The zero-order valence-electron chi connectivity index (χ0n) is 54.6. The summed E-state index contributed by atoms with van der Waals surface area (Å²) in [5.41, 5.74) is 14.8. The molecule has 0 aliphatic carbocycles. The zero-order chi connectivity index (χ0) is 66.6. The lowest BCUT2D eigenvalue weighted by molar-refractivity contribution is 0.566. The van der Waals surface area contributed by atoms with E-state index in [2.05, 4.69) is 200 Å². The first-order valence-electron chi connectivity index (χ1n) is 29.5. The highest BCUT2D eigenvalue weighted by atomic mass is 79.9. The Bertz CT molecular complexity index is 3100. The molecule has 0 saturated carbocycles. The minimum Gasteiger partial charge on any atom is -0.243 e. The van der Waals surface area contributed by atoms with Crippen molar-refractivity contribution in [3.8, 4) is 0 Å². The molecule has 0 unspecified atom stereocenters. The molecule has 8 aromatic rings. The van der Waals surface area contributed by atoms with Crippen LogP contribution in [0.15, 0.2) is 150 Å². The van der Waals surface area contributed by atoms with E-state index in [1.165, 1.54) is 67.8 Å². The number of halogens is 11. The fourth-order valence-electron chi connectivity index (χ4n) is 8.40.